The molecule has 0 spiro atoms. The van der Waals surface area contributed by atoms with Crippen LogP contribution in [0.25, 0.3) is 0 Å². The zero-order chi connectivity index (χ0) is 23.0. The van der Waals surface area contributed by atoms with Crippen LogP contribution < -0.4 is 122 Å². The van der Waals surface area contributed by atoms with Crippen LogP contribution in [0.15, 0.2) is 36.4 Å². The molecule has 0 amide bonds. The number of carbonyl (C=O) groups excluding carboxylic acids is 2. The van der Waals surface area contributed by atoms with Gasteiger partial charge in [-0.25, -0.2) is 0 Å². The van der Waals surface area contributed by atoms with Crippen molar-refractivity contribution in [2.24, 2.45) is 0 Å². The fourth-order valence-electron chi connectivity index (χ4n) is 2.45. The molecule has 2 aromatic rings. The van der Waals surface area contributed by atoms with Crippen molar-refractivity contribution in [3.8, 4) is 11.5 Å². The number of carboxylic acid groups (broad SMARTS) is 2. The summed E-state index contributed by atoms with van der Waals surface area (Å²) in [6.45, 7) is -2.24. The van der Waals surface area contributed by atoms with Crippen LogP contribution in [0, 0.1) is 20.2 Å². The van der Waals surface area contributed by atoms with Crippen molar-refractivity contribution < 1.29 is 147 Å². The van der Waals surface area contributed by atoms with E-state index in [1.165, 1.54) is 24.3 Å². The molecule has 0 fully saturated rings. The quantitative estimate of drug-likeness (QED) is 0.149. The molecular formula is C18H14K2N2O11. The van der Waals surface area contributed by atoms with Gasteiger partial charge in [0.2, 0.25) is 0 Å². The van der Waals surface area contributed by atoms with Gasteiger partial charge in [0.15, 0.2) is 0 Å². The molecule has 164 valence electrons. The van der Waals surface area contributed by atoms with Crippen molar-refractivity contribution in [2.75, 3.05) is 13.2 Å². The first kappa shape index (κ1) is 32.0. The van der Waals surface area contributed by atoms with Gasteiger partial charge in [0.25, 0.3) is 11.4 Å². The number of nitro benzene ring substituents is 2. The molecule has 0 saturated carbocycles. The predicted molar refractivity (Wildman–Crippen MR) is 95.7 cm³/mol. The van der Waals surface area contributed by atoms with E-state index >= 15 is 0 Å². The predicted octanol–water partition coefficient (Wildman–Crippen LogP) is -6.51. The smallest absolute Gasteiger partial charge is 0.546 e. The van der Waals surface area contributed by atoms with Crippen LogP contribution in [0.3, 0.4) is 0 Å². The van der Waals surface area contributed by atoms with E-state index in [0.717, 1.165) is 12.1 Å². The van der Waals surface area contributed by atoms with Crippen molar-refractivity contribution in [3.63, 3.8) is 0 Å². The average molecular weight is 513 g/mol. The second-order valence-corrected chi connectivity index (χ2v) is 5.91. The Balaban J connectivity index is 0.00000512. The van der Waals surface area contributed by atoms with Crippen molar-refractivity contribution in [2.45, 2.75) is 13.2 Å². The zero-order valence-electron chi connectivity index (χ0n) is 17.7. The molecule has 0 saturated heterocycles. The molecule has 0 radical (unpaired) electrons. The summed E-state index contributed by atoms with van der Waals surface area (Å²) in [5.41, 5.74) is -0.594. The average Bonchev–Trinajstić information content (AvgIpc) is 2.70. The van der Waals surface area contributed by atoms with Crippen LogP contribution in [0.4, 0.5) is 11.4 Å². The summed E-state index contributed by atoms with van der Waals surface area (Å²) < 4.78 is 15.2. The molecule has 0 unspecified atom stereocenters. The van der Waals surface area contributed by atoms with Crippen LogP contribution in [0.5, 0.6) is 11.5 Å². The van der Waals surface area contributed by atoms with Crippen molar-refractivity contribution in [1.29, 1.82) is 0 Å². The Hall–Kier alpha value is -0.987. The summed E-state index contributed by atoms with van der Waals surface area (Å²) in [6.07, 6.45) is 0. The minimum absolute atomic E-state index is 0. The van der Waals surface area contributed by atoms with Crippen LogP contribution in [0.2, 0.25) is 0 Å². The van der Waals surface area contributed by atoms with Crippen LogP contribution in [-0.2, 0) is 27.5 Å². The topological polar surface area (TPSA) is 194 Å². The summed E-state index contributed by atoms with van der Waals surface area (Å²) in [6, 6.07) is 7.01. The van der Waals surface area contributed by atoms with Gasteiger partial charge in [-0.2, -0.15) is 0 Å². The maximum atomic E-state index is 11.2. The van der Waals surface area contributed by atoms with Gasteiger partial charge in [-0.15, -0.1) is 0 Å². The minimum Gasteiger partial charge on any atom is -0.546 e. The molecule has 15 heteroatoms. The van der Waals surface area contributed by atoms with E-state index in [0.29, 0.717) is 0 Å². The third-order valence-electron chi connectivity index (χ3n) is 3.72. The Kier molecular flexibility index (Phi) is 15.4. The molecule has 0 N–H and O–H groups in total. The van der Waals surface area contributed by atoms with Gasteiger partial charge in [-0.3, -0.25) is 20.2 Å². The number of rotatable bonds is 12. The fraction of sp³-hybridized carbons (Fsp3) is 0.222. The van der Waals surface area contributed by atoms with Crippen LogP contribution in [0.1, 0.15) is 11.1 Å². The number of hydrogen-bond donors (Lipinski definition) is 0. The maximum absolute atomic E-state index is 11.2. The molecule has 0 aliphatic carbocycles. The first-order valence-electron chi connectivity index (χ1n) is 8.45. The summed E-state index contributed by atoms with van der Waals surface area (Å²) in [5, 5.41) is 43.4. The second kappa shape index (κ2) is 15.8. The number of nitro groups is 2. The summed E-state index contributed by atoms with van der Waals surface area (Å²) >= 11 is 0. The molecule has 0 heterocycles. The van der Waals surface area contributed by atoms with E-state index in [2.05, 4.69) is 0 Å². The van der Waals surface area contributed by atoms with E-state index in [1.807, 2.05) is 0 Å². The van der Waals surface area contributed by atoms with Gasteiger partial charge in [-0.05, 0) is 24.3 Å². The van der Waals surface area contributed by atoms with E-state index in [4.69, 9.17) is 14.2 Å². The molecule has 0 aliphatic heterocycles. The van der Waals surface area contributed by atoms with E-state index in [1.54, 1.807) is 0 Å². The SMILES string of the molecule is O=C([O-])COc1ccc([N+](=O)[O-])c(COCc2cc(OCC(=O)[O-])ccc2[N+](=O)[O-])c1.[K+].[K+]. The molecule has 0 aromatic heterocycles. The van der Waals surface area contributed by atoms with E-state index < -0.39 is 35.0 Å². The molecule has 2 rings (SSSR count). The number of aliphatic carboxylic acids is 2. The Bertz CT molecular complexity index is 937. The van der Waals surface area contributed by atoms with Crippen molar-refractivity contribution >= 4 is 23.3 Å². The van der Waals surface area contributed by atoms with Gasteiger partial charge in [0, 0.05) is 12.1 Å². The van der Waals surface area contributed by atoms with Crippen LogP contribution >= 0.6 is 0 Å². The molecule has 0 aliphatic rings. The normalized spacial score (nSPS) is 9.70. The monoisotopic (exact) mass is 512 g/mol. The summed E-state index contributed by atoms with van der Waals surface area (Å²) in [7, 11) is 0. The molecular weight excluding hydrogens is 498 g/mol. The Morgan fingerprint density at radius 1 is 0.727 bits per heavy atom. The van der Waals surface area contributed by atoms with Crippen LogP contribution in [-0.4, -0.2) is 35.0 Å². The first-order chi connectivity index (χ1) is 14.7. The number of carbonyl (C=O) groups is 2. The Morgan fingerprint density at radius 3 is 1.39 bits per heavy atom. The van der Waals surface area contributed by atoms with Gasteiger partial charge in [0.1, 0.15) is 24.7 Å². The van der Waals surface area contributed by atoms with Gasteiger partial charge in [0.05, 0.1) is 46.1 Å². The molecule has 0 atom stereocenters. The third kappa shape index (κ3) is 10.9. The zero-order valence-corrected chi connectivity index (χ0v) is 23.9. The van der Waals surface area contributed by atoms with Gasteiger partial charge >= 0.3 is 103 Å². The van der Waals surface area contributed by atoms with Crippen molar-refractivity contribution in [1.82, 2.24) is 0 Å². The van der Waals surface area contributed by atoms with Gasteiger partial charge in [-0.1, -0.05) is 0 Å². The first-order valence-corrected chi connectivity index (χ1v) is 8.45. The molecule has 0 bridgehead atoms. The number of nitrogens with zero attached hydrogens (tertiary/aromatic N) is 2. The fourth-order valence-corrected chi connectivity index (χ4v) is 2.45. The largest absolute Gasteiger partial charge is 1.00 e. The third-order valence-corrected chi connectivity index (χ3v) is 3.72. The number of benzene rings is 2. The Labute approximate surface area is 271 Å². The van der Waals surface area contributed by atoms with E-state index in [-0.39, 0.29) is 150 Å². The number of carboxylic acids is 2. The Morgan fingerprint density at radius 2 is 1.09 bits per heavy atom. The molecule has 2 aromatic carbocycles. The second-order valence-electron chi connectivity index (χ2n) is 5.91. The number of hydrogen-bond acceptors (Lipinski definition) is 11. The molecule has 33 heavy (non-hydrogen) atoms. The number of ether oxygens (including phenoxy) is 3. The molecule has 13 nitrogen and oxygen atoms in total. The minimum atomic E-state index is -1.48. The van der Waals surface area contributed by atoms with Crippen molar-refractivity contribution in [3.05, 3.63) is 67.8 Å². The standard InChI is InChI=1S/C18H16N2O11.2K/c21-17(22)9-30-13-1-3-15(19(25)26)11(5-13)7-29-8-12-6-14(31-10-18(23)24)2-4-16(12)20(27)28;;/h1-6H,7-10H2,(H,21,22)(H,23,24);;/q;2*+1/p-2. The maximum Gasteiger partial charge on any atom is 1.00 e. The van der Waals surface area contributed by atoms with Gasteiger partial charge < -0.3 is 34.0 Å². The summed E-state index contributed by atoms with van der Waals surface area (Å²) in [5.74, 6) is -2.91. The van der Waals surface area contributed by atoms with E-state index in [9.17, 15) is 40.0 Å². The summed E-state index contributed by atoms with van der Waals surface area (Å²) in [4.78, 5) is 42.0.